The highest BCUT2D eigenvalue weighted by molar-refractivity contribution is 5.79. The summed E-state index contributed by atoms with van der Waals surface area (Å²) in [6.07, 6.45) is 3.69. The van der Waals surface area contributed by atoms with Crippen LogP contribution in [0.2, 0.25) is 0 Å². The molecule has 0 spiro atoms. The van der Waals surface area contributed by atoms with Crippen molar-refractivity contribution in [2.75, 3.05) is 47.0 Å². The van der Waals surface area contributed by atoms with Crippen LogP contribution in [0.15, 0.2) is 29.3 Å². The first-order chi connectivity index (χ1) is 12.1. The zero-order chi connectivity index (χ0) is 18.1. The molecule has 1 fully saturated rings. The number of hydrogen-bond acceptors (Lipinski definition) is 3. The van der Waals surface area contributed by atoms with E-state index in [1.165, 1.54) is 12.8 Å². The van der Waals surface area contributed by atoms with Gasteiger partial charge in [0.2, 0.25) is 0 Å². The minimum absolute atomic E-state index is 0.406. The lowest BCUT2D eigenvalue weighted by Gasteiger charge is -2.24. The highest BCUT2D eigenvalue weighted by Gasteiger charge is 2.42. The molecule has 1 aromatic carbocycles. The Morgan fingerprint density at radius 2 is 2.04 bits per heavy atom. The zero-order valence-corrected chi connectivity index (χ0v) is 16.2. The van der Waals surface area contributed by atoms with Crippen LogP contribution in [0.3, 0.4) is 0 Å². The molecule has 1 aliphatic carbocycles. The lowest BCUT2D eigenvalue weighted by molar-refractivity contribution is 0.128. The van der Waals surface area contributed by atoms with Crippen LogP contribution in [0.4, 0.5) is 0 Å². The molecule has 2 rings (SSSR count). The summed E-state index contributed by atoms with van der Waals surface area (Å²) in [5, 5.41) is 3.52. The maximum absolute atomic E-state index is 5.88. The molecule has 5 heteroatoms. The molecular formula is C20H33N3O2. The third kappa shape index (κ3) is 6.24. The third-order valence-electron chi connectivity index (χ3n) is 4.91. The van der Waals surface area contributed by atoms with Crippen LogP contribution in [0.5, 0.6) is 5.75 Å². The van der Waals surface area contributed by atoms with Crippen molar-refractivity contribution in [2.24, 2.45) is 10.4 Å². The molecule has 0 aromatic heterocycles. The topological polar surface area (TPSA) is 46.1 Å². The Bertz CT molecular complexity index is 556. The Balaban J connectivity index is 1.72. The molecule has 0 bridgehead atoms. The van der Waals surface area contributed by atoms with Crippen LogP contribution in [0.25, 0.3) is 0 Å². The average molecular weight is 348 g/mol. The van der Waals surface area contributed by atoms with Crippen molar-refractivity contribution in [3.05, 3.63) is 29.8 Å². The fraction of sp³-hybridized carbons (Fsp3) is 0.650. The van der Waals surface area contributed by atoms with Crippen LogP contribution in [-0.4, -0.2) is 57.9 Å². The van der Waals surface area contributed by atoms with Crippen LogP contribution < -0.4 is 10.1 Å². The lowest BCUT2D eigenvalue weighted by atomic mass is 10.0. The second-order valence-corrected chi connectivity index (χ2v) is 6.88. The Hall–Kier alpha value is -1.75. The van der Waals surface area contributed by atoms with Crippen molar-refractivity contribution >= 4 is 5.96 Å². The van der Waals surface area contributed by atoms with E-state index in [4.69, 9.17) is 9.47 Å². The molecule has 0 unspecified atom stereocenters. The van der Waals surface area contributed by atoms with Crippen LogP contribution >= 0.6 is 0 Å². The highest BCUT2D eigenvalue weighted by Crippen LogP contribution is 2.48. The summed E-state index contributed by atoms with van der Waals surface area (Å²) in [4.78, 5) is 6.53. The molecule has 1 N–H and O–H groups in total. The maximum Gasteiger partial charge on any atom is 0.193 e. The van der Waals surface area contributed by atoms with Crippen molar-refractivity contribution in [1.82, 2.24) is 10.2 Å². The largest absolute Gasteiger partial charge is 0.491 e. The monoisotopic (exact) mass is 347 g/mol. The first-order valence-electron chi connectivity index (χ1n) is 9.28. The van der Waals surface area contributed by atoms with Crippen molar-refractivity contribution in [3.8, 4) is 5.75 Å². The van der Waals surface area contributed by atoms with Gasteiger partial charge >= 0.3 is 0 Å². The van der Waals surface area contributed by atoms with Gasteiger partial charge in [0.25, 0.3) is 0 Å². The SMILES string of the molecule is CCOCCC1(CNC(=NC)N(C)CCOc2ccccc2C)CC1. The van der Waals surface area contributed by atoms with E-state index in [9.17, 15) is 0 Å². The number of nitrogens with one attached hydrogen (secondary N) is 1. The smallest absolute Gasteiger partial charge is 0.193 e. The van der Waals surface area contributed by atoms with Gasteiger partial charge in [-0.15, -0.1) is 0 Å². The van der Waals surface area contributed by atoms with Crippen LogP contribution in [0, 0.1) is 12.3 Å². The molecule has 1 saturated carbocycles. The average Bonchev–Trinajstić information content (AvgIpc) is 3.37. The number of nitrogens with zero attached hydrogens (tertiary/aromatic N) is 2. The van der Waals surface area contributed by atoms with E-state index in [2.05, 4.69) is 35.2 Å². The van der Waals surface area contributed by atoms with Crippen LogP contribution in [0.1, 0.15) is 31.7 Å². The van der Waals surface area contributed by atoms with Crippen molar-refractivity contribution in [1.29, 1.82) is 0 Å². The van der Waals surface area contributed by atoms with E-state index in [-0.39, 0.29) is 0 Å². The highest BCUT2D eigenvalue weighted by atomic mass is 16.5. The summed E-state index contributed by atoms with van der Waals surface area (Å²) in [5.74, 6) is 1.88. The minimum Gasteiger partial charge on any atom is -0.491 e. The van der Waals surface area contributed by atoms with Gasteiger partial charge in [0.05, 0.1) is 6.54 Å². The summed E-state index contributed by atoms with van der Waals surface area (Å²) >= 11 is 0. The number of para-hydroxylation sites is 1. The molecule has 5 nitrogen and oxygen atoms in total. The van der Waals surface area contributed by atoms with E-state index in [1.807, 2.05) is 32.2 Å². The van der Waals surface area contributed by atoms with E-state index in [1.54, 1.807) is 0 Å². The van der Waals surface area contributed by atoms with E-state index < -0.39 is 0 Å². The molecule has 0 heterocycles. The molecule has 0 amide bonds. The summed E-state index contributed by atoms with van der Waals surface area (Å²) in [7, 11) is 3.89. The van der Waals surface area contributed by atoms with Gasteiger partial charge in [-0.3, -0.25) is 4.99 Å². The quantitative estimate of drug-likeness (QED) is 0.401. The molecule has 0 radical (unpaired) electrons. The summed E-state index contributed by atoms with van der Waals surface area (Å²) in [5.41, 5.74) is 1.57. The zero-order valence-electron chi connectivity index (χ0n) is 16.2. The number of aliphatic imine (C=N–C) groups is 1. The molecule has 25 heavy (non-hydrogen) atoms. The summed E-state index contributed by atoms with van der Waals surface area (Å²) in [6.45, 7) is 8.17. The Morgan fingerprint density at radius 3 is 2.68 bits per heavy atom. The number of aryl methyl sites for hydroxylation is 1. The van der Waals surface area contributed by atoms with Gasteiger partial charge in [0, 0.05) is 33.9 Å². The molecule has 1 aliphatic rings. The predicted molar refractivity (Wildman–Crippen MR) is 103 cm³/mol. The normalized spacial score (nSPS) is 15.8. The predicted octanol–water partition coefficient (Wildman–Crippen LogP) is 3.09. The molecular weight excluding hydrogens is 314 g/mol. The standard InChI is InChI=1S/C20H33N3O2/c1-5-24-14-12-20(10-11-20)16-22-19(21-3)23(4)13-15-25-18-9-7-6-8-17(18)2/h6-9H,5,10-16H2,1-4H3,(H,21,22). The molecule has 0 atom stereocenters. The van der Waals surface area contributed by atoms with Crippen molar-refractivity contribution in [3.63, 3.8) is 0 Å². The Kier molecular flexibility index (Phi) is 7.56. The maximum atomic E-state index is 5.88. The van der Waals surface area contributed by atoms with Gasteiger partial charge in [-0.2, -0.15) is 0 Å². The van der Waals surface area contributed by atoms with Crippen LogP contribution in [-0.2, 0) is 4.74 Å². The van der Waals surface area contributed by atoms with Gasteiger partial charge in [-0.05, 0) is 50.2 Å². The third-order valence-corrected chi connectivity index (χ3v) is 4.91. The number of rotatable bonds is 10. The van der Waals surface area contributed by atoms with Gasteiger partial charge in [-0.1, -0.05) is 18.2 Å². The fourth-order valence-corrected chi connectivity index (χ4v) is 2.89. The van der Waals surface area contributed by atoms with Crippen molar-refractivity contribution in [2.45, 2.75) is 33.1 Å². The molecule has 0 saturated heterocycles. The first-order valence-corrected chi connectivity index (χ1v) is 9.28. The fourth-order valence-electron chi connectivity index (χ4n) is 2.89. The second-order valence-electron chi connectivity index (χ2n) is 6.88. The van der Waals surface area contributed by atoms with Gasteiger partial charge in [-0.25, -0.2) is 0 Å². The lowest BCUT2D eigenvalue weighted by Crippen LogP contribution is -2.43. The summed E-state index contributed by atoms with van der Waals surface area (Å²) in [6, 6.07) is 8.11. The van der Waals surface area contributed by atoms with E-state index in [0.29, 0.717) is 12.0 Å². The molecule has 1 aromatic rings. The number of benzene rings is 1. The van der Waals surface area contributed by atoms with Gasteiger partial charge in [0.1, 0.15) is 12.4 Å². The Labute approximate surface area is 152 Å². The number of likely N-dealkylation sites (N-methyl/N-ethyl adjacent to an activating group) is 1. The number of ether oxygens (including phenoxy) is 2. The van der Waals surface area contributed by atoms with Gasteiger partial charge in [0.15, 0.2) is 5.96 Å². The first kappa shape index (κ1) is 19.6. The van der Waals surface area contributed by atoms with Crippen molar-refractivity contribution < 1.29 is 9.47 Å². The molecule has 0 aliphatic heterocycles. The van der Waals surface area contributed by atoms with E-state index >= 15 is 0 Å². The molecule has 140 valence electrons. The summed E-state index contributed by atoms with van der Waals surface area (Å²) < 4.78 is 11.4. The second kappa shape index (κ2) is 9.66. The Morgan fingerprint density at radius 1 is 1.28 bits per heavy atom. The minimum atomic E-state index is 0.406. The number of guanidine groups is 1. The van der Waals surface area contributed by atoms with E-state index in [0.717, 1.165) is 50.0 Å². The van der Waals surface area contributed by atoms with Gasteiger partial charge < -0.3 is 19.7 Å². The number of hydrogen-bond donors (Lipinski definition) is 1.